The van der Waals surface area contributed by atoms with Crippen molar-refractivity contribution in [3.05, 3.63) is 11.4 Å². The van der Waals surface area contributed by atoms with Crippen molar-refractivity contribution in [2.75, 3.05) is 17.6 Å². The molecular weight excluding hydrogens is 256 g/mol. The van der Waals surface area contributed by atoms with E-state index in [0.717, 1.165) is 28.5 Å². The number of hydrogen-bond acceptors (Lipinski definition) is 5. The lowest BCUT2D eigenvalue weighted by Gasteiger charge is -2.10. The molecule has 2 heterocycles. The van der Waals surface area contributed by atoms with E-state index >= 15 is 0 Å². The summed E-state index contributed by atoms with van der Waals surface area (Å²) in [6.45, 7) is 0.970. The van der Waals surface area contributed by atoms with E-state index in [1.165, 1.54) is 38.5 Å². The fourth-order valence-electron chi connectivity index (χ4n) is 2.90. The highest BCUT2D eigenvalue weighted by molar-refractivity contribution is 7.16. The molecule has 102 valence electrons. The third kappa shape index (κ3) is 2.97. The first-order chi connectivity index (χ1) is 9.33. The third-order valence-electron chi connectivity index (χ3n) is 3.90. The Bertz CT molecular complexity index is 545. The Morgan fingerprint density at radius 2 is 2.16 bits per heavy atom. The minimum absolute atomic E-state index is 0.355. The van der Waals surface area contributed by atoms with E-state index < -0.39 is 0 Å². The predicted molar refractivity (Wildman–Crippen MR) is 81.5 cm³/mol. The molecule has 19 heavy (non-hydrogen) atoms. The summed E-state index contributed by atoms with van der Waals surface area (Å²) in [5.74, 6) is 2.20. The highest BCUT2D eigenvalue weighted by atomic mass is 32.1. The van der Waals surface area contributed by atoms with Gasteiger partial charge in [-0.3, -0.25) is 0 Å². The second-order valence-electron chi connectivity index (χ2n) is 5.29. The molecule has 0 radical (unpaired) electrons. The van der Waals surface area contributed by atoms with Gasteiger partial charge in [-0.1, -0.05) is 25.7 Å². The molecule has 0 aromatic carbocycles. The van der Waals surface area contributed by atoms with Crippen molar-refractivity contribution in [1.29, 1.82) is 0 Å². The minimum Gasteiger partial charge on any atom is -0.369 e. The number of nitrogens with one attached hydrogen (secondary N) is 1. The normalized spacial score (nSPS) is 16.2. The van der Waals surface area contributed by atoms with E-state index in [-0.39, 0.29) is 0 Å². The summed E-state index contributed by atoms with van der Waals surface area (Å²) >= 11 is 1.60. The Kier molecular flexibility index (Phi) is 3.82. The second kappa shape index (κ2) is 5.74. The molecule has 0 aliphatic heterocycles. The smallest absolute Gasteiger partial charge is 0.223 e. The topological polar surface area (TPSA) is 63.8 Å². The summed E-state index contributed by atoms with van der Waals surface area (Å²) in [6, 6.07) is 2.05. The Labute approximate surface area is 117 Å². The maximum Gasteiger partial charge on any atom is 0.223 e. The SMILES string of the molecule is Nc1nc(NCCCC2CCCC2)c2ccsc2n1. The summed E-state index contributed by atoms with van der Waals surface area (Å²) in [5.41, 5.74) is 5.73. The van der Waals surface area contributed by atoms with Crippen LogP contribution in [0.1, 0.15) is 38.5 Å². The van der Waals surface area contributed by atoms with Gasteiger partial charge in [-0.15, -0.1) is 11.3 Å². The Morgan fingerprint density at radius 3 is 3.00 bits per heavy atom. The van der Waals surface area contributed by atoms with Gasteiger partial charge < -0.3 is 11.1 Å². The molecule has 1 aliphatic rings. The van der Waals surface area contributed by atoms with Crippen LogP contribution in [0.3, 0.4) is 0 Å². The highest BCUT2D eigenvalue weighted by Crippen LogP contribution is 2.29. The second-order valence-corrected chi connectivity index (χ2v) is 6.18. The number of nitrogens with two attached hydrogens (primary N) is 1. The average Bonchev–Trinajstić information content (AvgIpc) is 3.04. The molecule has 0 unspecified atom stereocenters. The van der Waals surface area contributed by atoms with Crippen LogP contribution < -0.4 is 11.1 Å². The number of aromatic nitrogens is 2. The van der Waals surface area contributed by atoms with Crippen molar-refractivity contribution in [3.8, 4) is 0 Å². The predicted octanol–water partition coefficient (Wildman–Crippen LogP) is 3.66. The zero-order valence-corrected chi connectivity index (χ0v) is 11.9. The number of anilines is 2. The molecule has 2 aromatic heterocycles. The number of nitrogen functional groups attached to an aromatic ring is 1. The lowest BCUT2D eigenvalue weighted by molar-refractivity contribution is 0.491. The molecule has 0 saturated heterocycles. The van der Waals surface area contributed by atoms with Crippen molar-refractivity contribution >= 4 is 33.3 Å². The van der Waals surface area contributed by atoms with Crippen molar-refractivity contribution < 1.29 is 0 Å². The molecule has 0 spiro atoms. The number of thiophene rings is 1. The molecule has 0 atom stereocenters. The van der Waals surface area contributed by atoms with E-state index in [9.17, 15) is 0 Å². The first-order valence-electron chi connectivity index (χ1n) is 7.07. The summed E-state index contributed by atoms with van der Waals surface area (Å²) < 4.78 is 0. The van der Waals surface area contributed by atoms with Crippen LogP contribution in [-0.4, -0.2) is 16.5 Å². The van der Waals surface area contributed by atoms with Gasteiger partial charge in [0.25, 0.3) is 0 Å². The fourth-order valence-corrected chi connectivity index (χ4v) is 3.67. The Morgan fingerprint density at radius 1 is 1.32 bits per heavy atom. The summed E-state index contributed by atoms with van der Waals surface area (Å²) in [5, 5.41) is 6.53. The van der Waals surface area contributed by atoms with Crippen molar-refractivity contribution in [3.63, 3.8) is 0 Å². The number of hydrogen-bond donors (Lipinski definition) is 2. The van der Waals surface area contributed by atoms with Crippen LogP contribution in [0, 0.1) is 5.92 Å². The first kappa shape index (κ1) is 12.7. The summed E-state index contributed by atoms with van der Waals surface area (Å²) in [7, 11) is 0. The van der Waals surface area contributed by atoms with Crippen LogP contribution in [0.2, 0.25) is 0 Å². The van der Waals surface area contributed by atoms with Crippen LogP contribution >= 0.6 is 11.3 Å². The van der Waals surface area contributed by atoms with Crippen molar-refractivity contribution in [1.82, 2.24) is 9.97 Å². The molecule has 1 fully saturated rings. The Balaban J connectivity index is 1.57. The van der Waals surface area contributed by atoms with Gasteiger partial charge in [-0.2, -0.15) is 4.98 Å². The van der Waals surface area contributed by atoms with Crippen LogP contribution in [0.5, 0.6) is 0 Å². The maximum atomic E-state index is 5.73. The van der Waals surface area contributed by atoms with E-state index in [1.807, 2.05) is 5.38 Å². The van der Waals surface area contributed by atoms with Gasteiger partial charge in [-0.25, -0.2) is 4.98 Å². The third-order valence-corrected chi connectivity index (χ3v) is 4.71. The van der Waals surface area contributed by atoms with Crippen LogP contribution in [0.15, 0.2) is 11.4 Å². The van der Waals surface area contributed by atoms with Gasteiger partial charge in [0.05, 0.1) is 5.39 Å². The van der Waals surface area contributed by atoms with Gasteiger partial charge >= 0.3 is 0 Å². The molecule has 0 bridgehead atoms. The van der Waals surface area contributed by atoms with Gasteiger partial charge in [0.15, 0.2) is 0 Å². The average molecular weight is 276 g/mol. The lowest BCUT2D eigenvalue weighted by Crippen LogP contribution is -2.07. The van der Waals surface area contributed by atoms with Gasteiger partial charge in [0.1, 0.15) is 10.6 Å². The zero-order chi connectivity index (χ0) is 13.1. The van der Waals surface area contributed by atoms with Crippen LogP contribution in [0.4, 0.5) is 11.8 Å². The van der Waals surface area contributed by atoms with Crippen molar-refractivity contribution in [2.24, 2.45) is 5.92 Å². The van der Waals surface area contributed by atoms with Crippen LogP contribution in [0.25, 0.3) is 10.2 Å². The molecule has 5 heteroatoms. The summed E-state index contributed by atoms with van der Waals surface area (Å²) in [4.78, 5) is 9.50. The molecule has 1 aliphatic carbocycles. The van der Waals surface area contributed by atoms with E-state index in [4.69, 9.17) is 5.73 Å². The molecule has 3 rings (SSSR count). The minimum atomic E-state index is 0.355. The zero-order valence-electron chi connectivity index (χ0n) is 11.1. The van der Waals surface area contributed by atoms with Crippen LogP contribution in [-0.2, 0) is 0 Å². The van der Waals surface area contributed by atoms with Crippen molar-refractivity contribution in [2.45, 2.75) is 38.5 Å². The van der Waals surface area contributed by atoms with Gasteiger partial charge in [0, 0.05) is 6.54 Å². The number of nitrogens with zero attached hydrogens (tertiary/aromatic N) is 2. The molecule has 0 amide bonds. The van der Waals surface area contributed by atoms with Gasteiger partial charge in [0.2, 0.25) is 5.95 Å². The largest absolute Gasteiger partial charge is 0.369 e. The molecule has 4 nitrogen and oxygen atoms in total. The van der Waals surface area contributed by atoms with E-state index in [1.54, 1.807) is 11.3 Å². The molecule has 1 saturated carbocycles. The number of fused-ring (bicyclic) bond motifs is 1. The lowest BCUT2D eigenvalue weighted by atomic mass is 10.0. The number of rotatable bonds is 5. The quantitative estimate of drug-likeness (QED) is 0.818. The maximum absolute atomic E-state index is 5.73. The first-order valence-corrected chi connectivity index (χ1v) is 7.95. The molecule has 3 N–H and O–H groups in total. The Hall–Kier alpha value is -1.36. The van der Waals surface area contributed by atoms with E-state index in [0.29, 0.717) is 5.95 Å². The standard InChI is InChI=1S/C14H20N4S/c15-14-17-12(11-7-9-19-13(11)18-14)16-8-3-6-10-4-1-2-5-10/h7,9-10H,1-6,8H2,(H3,15,16,17,18). The van der Waals surface area contributed by atoms with Gasteiger partial charge in [-0.05, 0) is 30.2 Å². The monoisotopic (exact) mass is 276 g/mol. The fraction of sp³-hybridized carbons (Fsp3) is 0.571. The van der Waals surface area contributed by atoms with E-state index in [2.05, 4.69) is 21.4 Å². The summed E-state index contributed by atoms with van der Waals surface area (Å²) in [6.07, 6.45) is 8.25. The highest BCUT2D eigenvalue weighted by Gasteiger charge is 2.14. The molecule has 2 aromatic rings. The molecular formula is C14H20N4S.